The molecule has 0 atom stereocenters. The van der Waals surface area contributed by atoms with Crippen LogP contribution in [0.4, 0.5) is 5.69 Å². The Balaban J connectivity index is 1.83. The van der Waals surface area contributed by atoms with E-state index in [1.54, 1.807) is 17.4 Å². The van der Waals surface area contributed by atoms with E-state index in [0.717, 1.165) is 47.9 Å². The normalized spacial score (nSPS) is 14.3. The molecule has 186 valence electrons. The molecule has 0 radical (unpaired) electrons. The number of hydrogen-bond donors (Lipinski definition) is 1. The van der Waals surface area contributed by atoms with Gasteiger partial charge in [0.15, 0.2) is 0 Å². The van der Waals surface area contributed by atoms with E-state index in [1.165, 1.54) is 6.26 Å². The standard InChI is InChI=1S/C29H30N2O4S/c1-19-13-15-21(16-14-19)28-27(29(32)30-2)24-17-23(20-9-5-4-6-10-20)25(18-26(24)35-28)31(36(3,33)34)22-11-7-8-12-22/h4-6,9-10,13-18,22H,7-8,11-12H2,1-3H3,(H,30,32). The zero-order chi connectivity index (χ0) is 25.4. The second kappa shape index (κ2) is 9.47. The van der Waals surface area contributed by atoms with Crippen LogP contribution < -0.4 is 9.62 Å². The number of nitrogens with zero attached hydrogens (tertiary/aromatic N) is 1. The maximum Gasteiger partial charge on any atom is 0.255 e. The number of nitrogens with one attached hydrogen (secondary N) is 1. The van der Waals surface area contributed by atoms with Crippen LogP contribution in [-0.2, 0) is 10.0 Å². The van der Waals surface area contributed by atoms with Crippen molar-refractivity contribution in [2.45, 2.75) is 38.6 Å². The Bertz CT molecular complexity index is 1520. The molecule has 0 saturated heterocycles. The third-order valence-corrected chi connectivity index (χ3v) is 8.12. The maximum absolute atomic E-state index is 13.1. The highest BCUT2D eigenvalue weighted by atomic mass is 32.2. The second-order valence-corrected chi connectivity index (χ2v) is 11.3. The molecule has 1 saturated carbocycles. The fourth-order valence-electron chi connectivity index (χ4n) is 5.21. The topological polar surface area (TPSA) is 79.6 Å². The fourth-order valence-corrected chi connectivity index (χ4v) is 6.47. The van der Waals surface area contributed by atoms with Crippen LogP contribution in [-0.4, -0.2) is 33.7 Å². The Morgan fingerprint density at radius 2 is 1.64 bits per heavy atom. The smallest absolute Gasteiger partial charge is 0.255 e. The zero-order valence-electron chi connectivity index (χ0n) is 20.7. The molecule has 1 aliphatic carbocycles. The number of fused-ring (bicyclic) bond motifs is 1. The van der Waals surface area contributed by atoms with Gasteiger partial charge < -0.3 is 9.73 Å². The first-order chi connectivity index (χ1) is 17.3. The third kappa shape index (κ3) is 4.39. The number of aryl methyl sites for hydroxylation is 1. The molecular weight excluding hydrogens is 472 g/mol. The molecule has 1 amide bonds. The molecule has 4 aromatic rings. The molecule has 0 unspecified atom stereocenters. The Kier molecular flexibility index (Phi) is 6.35. The van der Waals surface area contributed by atoms with Crippen molar-refractivity contribution in [2.75, 3.05) is 17.6 Å². The van der Waals surface area contributed by atoms with Crippen LogP contribution in [0.25, 0.3) is 33.4 Å². The number of amides is 1. The van der Waals surface area contributed by atoms with Crippen molar-refractivity contribution in [1.29, 1.82) is 0 Å². The fraction of sp³-hybridized carbons (Fsp3) is 0.276. The van der Waals surface area contributed by atoms with E-state index in [9.17, 15) is 13.2 Å². The molecule has 36 heavy (non-hydrogen) atoms. The van der Waals surface area contributed by atoms with Crippen LogP contribution in [0.5, 0.6) is 0 Å². The number of anilines is 1. The molecule has 3 aromatic carbocycles. The van der Waals surface area contributed by atoms with Gasteiger partial charge in [-0.05, 0) is 31.4 Å². The van der Waals surface area contributed by atoms with Crippen molar-refractivity contribution in [3.05, 3.63) is 77.9 Å². The van der Waals surface area contributed by atoms with Gasteiger partial charge in [0.25, 0.3) is 5.91 Å². The lowest BCUT2D eigenvalue weighted by Crippen LogP contribution is -2.38. The van der Waals surface area contributed by atoms with Crippen LogP contribution in [0.1, 0.15) is 41.6 Å². The lowest BCUT2D eigenvalue weighted by molar-refractivity contribution is 0.0964. The molecular formula is C29H30N2O4S. The van der Waals surface area contributed by atoms with Gasteiger partial charge in [0.05, 0.1) is 17.5 Å². The van der Waals surface area contributed by atoms with E-state index < -0.39 is 10.0 Å². The average molecular weight is 503 g/mol. The van der Waals surface area contributed by atoms with Crippen LogP contribution in [0.15, 0.2) is 71.1 Å². The summed E-state index contributed by atoms with van der Waals surface area (Å²) in [6, 6.07) is 21.1. The molecule has 1 fully saturated rings. The molecule has 1 aromatic heterocycles. The van der Waals surface area contributed by atoms with Crippen LogP contribution >= 0.6 is 0 Å². The summed E-state index contributed by atoms with van der Waals surface area (Å²) in [5, 5.41) is 3.39. The van der Waals surface area contributed by atoms with Crippen molar-refractivity contribution in [1.82, 2.24) is 5.32 Å². The van der Waals surface area contributed by atoms with E-state index in [2.05, 4.69) is 5.32 Å². The first kappa shape index (κ1) is 24.1. The zero-order valence-corrected chi connectivity index (χ0v) is 21.6. The van der Waals surface area contributed by atoms with Crippen molar-refractivity contribution in [3.8, 4) is 22.5 Å². The van der Waals surface area contributed by atoms with Gasteiger partial charge in [0, 0.05) is 35.7 Å². The highest BCUT2D eigenvalue weighted by molar-refractivity contribution is 7.92. The number of carbonyl (C=O) groups excluding carboxylic acids is 1. The van der Waals surface area contributed by atoms with Gasteiger partial charge in [0.2, 0.25) is 10.0 Å². The molecule has 6 nitrogen and oxygen atoms in total. The predicted molar refractivity (Wildman–Crippen MR) is 145 cm³/mol. The highest BCUT2D eigenvalue weighted by Crippen LogP contribution is 2.43. The van der Waals surface area contributed by atoms with Gasteiger partial charge in [-0.15, -0.1) is 0 Å². The summed E-state index contributed by atoms with van der Waals surface area (Å²) in [5.41, 5.74) is 5.01. The van der Waals surface area contributed by atoms with Gasteiger partial charge in [-0.1, -0.05) is 73.0 Å². The first-order valence-corrected chi connectivity index (χ1v) is 14.1. The highest BCUT2D eigenvalue weighted by Gasteiger charge is 2.33. The van der Waals surface area contributed by atoms with Crippen LogP contribution in [0, 0.1) is 6.92 Å². The molecule has 1 aliphatic rings. The molecule has 5 rings (SSSR count). The molecule has 7 heteroatoms. The lowest BCUT2D eigenvalue weighted by Gasteiger charge is -2.30. The van der Waals surface area contributed by atoms with Crippen LogP contribution in [0.3, 0.4) is 0 Å². The molecule has 1 N–H and O–H groups in total. The van der Waals surface area contributed by atoms with E-state index >= 15 is 0 Å². The Morgan fingerprint density at radius 3 is 2.25 bits per heavy atom. The second-order valence-electron chi connectivity index (χ2n) is 9.48. The van der Waals surface area contributed by atoms with Gasteiger partial charge in [0.1, 0.15) is 11.3 Å². The Labute approximate surface area is 212 Å². The largest absolute Gasteiger partial charge is 0.455 e. The minimum Gasteiger partial charge on any atom is -0.455 e. The molecule has 1 heterocycles. The van der Waals surface area contributed by atoms with E-state index in [-0.39, 0.29) is 11.9 Å². The van der Waals surface area contributed by atoms with Gasteiger partial charge >= 0.3 is 0 Å². The molecule has 0 bridgehead atoms. The summed E-state index contributed by atoms with van der Waals surface area (Å²) in [5.74, 6) is 0.208. The minimum atomic E-state index is -3.57. The number of rotatable bonds is 6. The van der Waals surface area contributed by atoms with Crippen molar-refractivity contribution < 1.29 is 17.6 Å². The summed E-state index contributed by atoms with van der Waals surface area (Å²) >= 11 is 0. The summed E-state index contributed by atoms with van der Waals surface area (Å²) < 4.78 is 34.2. The Hall–Kier alpha value is -3.58. The van der Waals surface area contributed by atoms with E-state index in [1.807, 2.05) is 67.6 Å². The van der Waals surface area contributed by atoms with Crippen LogP contribution in [0.2, 0.25) is 0 Å². The first-order valence-electron chi connectivity index (χ1n) is 12.2. The number of benzene rings is 3. The average Bonchev–Trinajstić information content (AvgIpc) is 3.51. The van der Waals surface area contributed by atoms with Gasteiger partial charge in [-0.3, -0.25) is 9.10 Å². The number of furan rings is 1. The predicted octanol–water partition coefficient (Wildman–Crippen LogP) is 6.14. The third-order valence-electron chi connectivity index (χ3n) is 6.91. The SMILES string of the molecule is CNC(=O)c1c(-c2ccc(C)cc2)oc2cc(N(C3CCCC3)S(C)(=O)=O)c(-c3ccccc3)cc12. The molecule has 0 spiro atoms. The van der Waals surface area contributed by atoms with Crippen molar-refractivity contribution in [3.63, 3.8) is 0 Å². The molecule has 0 aliphatic heterocycles. The summed E-state index contributed by atoms with van der Waals surface area (Å²) in [4.78, 5) is 13.1. The number of carbonyl (C=O) groups is 1. The number of sulfonamides is 1. The van der Waals surface area contributed by atoms with Gasteiger partial charge in [-0.2, -0.15) is 0 Å². The van der Waals surface area contributed by atoms with E-state index in [4.69, 9.17) is 4.42 Å². The lowest BCUT2D eigenvalue weighted by atomic mass is 9.98. The van der Waals surface area contributed by atoms with Gasteiger partial charge in [-0.25, -0.2) is 8.42 Å². The quantitative estimate of drug-likeness (QED) is 0.343. The minimum absolute atomic E-state index is 0.107. The van der Waals surface area contributed by atoms with E-state index in [0.29, 0.717) is 28.0 Å². The Morgan fingerprint density at radius 1 is 0.972 bits per heavy atom. The summed E-state index contributed by atoms with van der Waals surface area (Å²) in [6.45, 7) is 2.00. The van der Waals surface area contributed by atoms with Crippen molar-refractivity contribution >= 4 is 32.6 Å². The number of hydrogen-bond acceptors (Lipinski definition) is 4. The summed E-state index contributed by atoms with van der Waals surface area (Å²) in [6.07, 6.45) is 4.89. The summed E-state index contributed by atoms with van der Waals surface area (Å²) in [7, 11) is -1.97. The van der Waals surface area contributed by atoms with Crippen molar-refractivity contribution in [2.24, 2.45) is 0 Å². The maximum atomic E-state index is 13.1. The monoisotopic (exact) mass is 502 g/mol.